The Morgan fingerprint density at radius 2 is 0.773 bits per heavy atom. The van der Waals surface area contributed by atoms with E-state index < -0.39 is 0 Å². The summed E-state index contributed by atoms with van der Waals surface area (Å²) < 4.78 is 0. The van der Waals surface area contributed by atoms with Gasteiger partial charge >= 0.3 is 0 Å². The van der Waals surface area contributed by atoms with Crippen molar-refractivity contribution < 1.29 is 70.1 Å². The van der Waals surface area contributed by atoms with Crippen molar-refractivity contribution in [3.05, 3.63) is 0 Å². The van der Waals surface area contributed by atoms with E-state index in [4.69, 9.17) is 0 Å². The van der Waals surface area contributed by atoms with E-state index in [9.17, 15) is 0 Å². The van der Waals surface area contributed by atoms with Crippen LogP contribution in [0, 0.1) is 0 Å². The van der Waals surface area contributed by atoms with Crippen LogP contribution in [0.25, 0.3) is 0 Å². The Morgan fingerprint density at radius 3 is 0.909 bits per heavy atom. The first-order valence-electron chi connectivity index (χ1n) is 7.41. The summed E-state index contributed by atoms with van der Waals surface area (Å²) >= 11 is 0. The molecule has 0 N–H and O–H groups in total. The fraction of sp³-hybridized carbons (Fsp3) is 1.00. The van der Waals surface area contributed by atoms with Crippen LogP contribution in [0.5, 0.6) is 0 Å². The standard InChI is InChI=1S/C12H27N.C3H9P.4ClH.Re/c1-4-7-10-13(11-8-5-2)12-9-6-3;1-4(2)3;;;;;/h4-12H2,1-3H3;1-3H3;4*1H;/p-4. The van der Waals surface area contributed by atoms with E-state index >= 15 is 0 Å². The Bertz CT molecular complexity index is 125. The summed E-state index contributed by atoms with van der Waals surface area (Å²) in [7, 11) is 0.380. The normalized spacial score (nSPS) is 8.18. The topological polar surface area (TPSA) is 3.24 Å². The third-order valence-corrected chi connectivity index (χ3v) is 2.48. The predicted octanol–water partition coefficient (Wildman–Crippen LogP) is -6.94. The second-order valence-corrected chi connectivity index (χ2v) is 7.93. The summed E-state index contributed by atoms with van der Waals surface area (Å²) in [6, 6.07) is 0. The Kier molecular flexibility index (Phi) is 77.4. The molecule has 7 heteroatoms. The Labute approximate surface area is 181 Å². The molecule has 22 heavy (non-hydrogen) atoms. The van der Waals surface area contributed by atoms with E-state index in [0.29, 0.717) is 7.92 Å². The average molecular weight is 589 g/mol. The second kappa shape index (κ2) is 38.7. The van der Waals surface area contributed by atoms with E-state index in [-0.39, 0.29) is 70.1 Å². The van der Waals surface area contributed by atoms with Gasteiger partial charge in [0.2, 0.25) is 0 Å². The molecule has 0 spiro atoms. The summed E-state index contributed by atoms with van der Waals surface area (Å²) in [5.74, 6) is 0. The van der Waals surface area contributed by atoms with Gasteiger partial charge in [-0.05, 0) is 58.9 Å². The summed E-state index contributed by atoms with van der Waals surface area (Å²) in [6.45, 7) is 17.5. The van der Waals surface area contributed by atoms with Crippen molar-refractivity contribution in [3.63, 3.8) is 0 Å². The fourth-order valence-electron chi connectivity index (χ4n) is 1.48. The third-order valence-electron chi connectivity index (χ3n) is 2.48. The summed E-state index contributed by atoms with van der Waals surface area (Å²) in [6.07, 6.45) is 8.09. The molecule has 0 heterocycles. The van der Waals surface area contributed by atoms with Gasteiger partial charge in [-0.3, -0.25) is 0 Å². The van der Waals surface area contributed by atoms with Crippen LogP contribution in [-0.2, 0) is 20.4 Å². The minimum atomic E-state index is 0. The fourth-order valence-corrected chi connectivity index (χ4v) is 1.48. The molecule has 1 nitrogen and oxygen atoms in total. The average Bonchev–Trinajstić information content (AvgIpc) is 2.27. The number of hydrogen-bond acceptors (Lipinski definition) is 1. The Balaban J connectivity index is -0.0000000450. The maximum Gasteiger partial charge on any atom is 0 e. The molecule has 0 rings (SSSR count). The van der Waals surface area contributed by atoms with Gasteiger partial charge in [-0.25, -0.2) is 0 Å². The van der Waals surface area contributed by atoms with Crippen LogP contribution in [0.2, 0.25) is 0 Å². The molecule has 1 radical (unpaired) electrons. The molecule has 145 valence electrons. The Hall–Kier alpha value is 2.21. The van der Waals surface area contributed by atoms with Crippen LogP contribution in [0.4, 0.5) is 0 Å². The molecule has 0 unspecified atom stereocenters. The summed E-state index contributed by atoms with van der Waals surface area (Å²) in [5.41, 5.74) is 0. The molecule has 0 amide bonds. The number of rotatable bonds is 9. The van der Waals surface area contributed by atoms with E-state index in [1.165, 1.54) is 58.2 Å². The Morgan fingerprint density at radius 1 is 0.591 bits per heavy atom. The molecule has 0 aliphatic rings. The van der Waals surface area contributed by atoms with Gasteiger partial charge in [0.15, 0.2) is 0 Å². The molecule has 0 bridgehead atoms. The van der Waals surface area contributed by atoms with Gasteiger partial charge in [0.25, 0.3) is 0 Å². The van der Waals surface area contributed by atoms with Crippen LogP contribution < -0.4 is 49.6 Å². The van der Waals surface area contributed by atoms with Gasteiger partial charge in [-0.1, -0.05) is 40.0 Å². The van der Waals surface area contributed by atoms with Crippen molar-refractivity contribution in [2.45, 2.75) is 59.3 Å². The van der Waals surface area contributed by atoms with Crippen LogP contribution in [0.15, 0.2) is 0 Å². The SMILES string of the molecule is CCCCN(CCCC)CCCC.CP(C)C.[Cl-].[Cl-].[Cl-].[Cl-].[Re]. The first-order chi connectivity index (χ1) is 8.08. The van der Waals surface area contributed by atoms with E-state index in [2.05, 4.69) is 45.7 Å². The predicted molar refractivity (Wildman–Crippen MR) is 85.9 cm³/mol. The first-order valence-corrected chi connectivity index (χ1v) is 10.1. The first kappa shape index (κ1) is 44.0. The molecule has 0 saturated carbocycles. The molecule has 0 aliphatic carbocycles. The molecule has 0 fully saturated rings. The number of nitrogens with zero attached hydrogens (tertiary/aromatic N) is 1. The van der Waals surface area contributed by atoms with Crippen molar-refractivity contribution in [2.75, 3.05) is 39.6 Å². The zero-order valence-corrected chi connectivity index (χ0v) is 21.8. The summed E-state index contributed by atoms with van der Waals surface area (Å²) in [4.78, 5) is 2.64. The van der Waals surface area contributed by atoms with Crippen LogP contribution in [0.3, 0.4) is 0 Å². The molecular formula is C15H36Cl4NPRe-4. The van der Waals surface area contributed by atoms with Crippen molar-refractivity contribution >= 4 is 7.92 Å². The van der Waals surface area contributed by atoms with Gasteiger partial charge in [0, 0.05) is 20.4 Å². The van der Waals surface area contributed by atoms with Gasteiger partial charge < -0.3 is 54.5 Å². The van der Waals surface area contributed by atoms with Gasteiger partial charge in [-0.2, -0.15) is 0 Å². The summed E-state index contributed by atoms with van der Waals surface area (Å²) in [5, 5.41) is 0. The number of unbranched alkanes of at least 4 members (excludes halogenated alkanes) is 3. The maximum atomic E-state index is 2.64. The molecule has 0 saturated heterocycles. The minimum Gasteiger partial charge on any atom is -1.00 e. The van der Waals surface area contributed by atoms with Crippen LogP contribution in [0.1, 0.15) is 59.3 Å². The molecule has 0 aromatic heterocycles. The minimum absolute atomic E-state index is 0. The maximum absolute atomic E-state index is 2.64. The van der Waals surface area contributed by atoms with Crippen LogP contribution >= 0.6 is 7.92 Å². The largest absolute Gasteiger partial charge is 1.00 e. The zero-order valence-electron chi connectivity index (χ0n) is 15.1. The molecule has 0 atom stereocenters. The molecular weight excluding hydrogens is 553 g/mol. The van der Waals surface area contributed by atoms with Gasteiger partial charge in [-0.15, -0.1) is 7.92 Å². The monoisotopic (exact) mass is 588 g/mol. The van der Waals surface area contributed by atoms with Crippen molar-refractivity contribution in [1.82, 2.24) is 4.90 Å². The van der Waals surface area contributed by atoms with E-state index in [1.807, 2.05) is 0 Å². The second-order valence-electron chi connectivity index (χ2n) is 5.24. The van der Waals surface area contributed by atoms with Crippen molar-refractivity contribution in [1.29, 1.82) is 0 Å². The smallest absolute Gasteiger partial charge is 0 e. The molecule has 0 aromatic carbocycles. The van der Waals surface area contributed by atoms with E-state index in [0.717, 1.165) is 0 Å². The van der Waals surface area contributed by atoms with Crippen molar-refractivity contribution in [3.8, 4) is 0 Å². The van der Waals surface area contributed by atoms with Gasteiger partial charge in [0.05, 0.1) is 0 Å². The van der Waals surface area contributed by atoms with Crippen LogP contribution in [-0.4, -0.2) is 44.5 Å². The van der Waals surface area contributed by atoms with E-state index in [1.54, 1.807) is 0 Å². The third kappa shape index (κ3) is 49.5. The molecule has 0 aromatic rings. The number of halogens is 4. The number of hydrogen-bond donors (Lipinski definition) is 0. The van der Waals surface area contributed by atoms with Crippen molar-refractivity contribution in [2.24, 2.45) is 0 Å². The molecule has 0 aliphatic heterocycles. The zero-order chi connectivity index (χ0) is 13.5. The quantitative estimate of drug-likeness (QED) is 0.242. The van der Waals surface area contributed by atoms with Gasteiger partial charge in [0.1, 0.15) is 0 Å².